The van der Waals surface area contributed by atoms with E-state index in [4.69, 9.17) is 61.6 Å². The van der Waals surface area contributed by atoms with Crippen molar-refractivity contribution in [2.45, 2.75) is 304 Å². The second-order valence-electron chi connectivity index (χ2n) is 31.3. The first kappa shape index (κ1) is 76.9. The normalized spacial score (nSPS) is 53.5. The molecule has 6 heterocycles. The molecule has 0 amide bonds. The average molecular weight is 1420 g/mol. The minimum Gasteiger partial charge on any atom is -0.479 e. The first-order valence-corrected chi connectivity index (χ1v) is 34.4. The summed E-state index contributed by atoms with van der Waals surface area (Å²) in [6.45, 7) is 14.1. The fourth-order valence-corrected chi connectivity index (χ4v) is 19.2. The molecule has 4 saturated carbocycles. The van der Waals surface area contributed by atoms with Crippen LogP contribution in [0.2, 0.25) is 0 Å². The van der Waals surface area contributed by atoms with Gasteiger partial charge in [-0.05, 0) is 111 Å². The minimum absolute atomic E-state index is 0.0278. The van der Waals surface area contributed by atoms with Gasteiger partial charge in [-0.2, -0.15) is 0 Å². The summed E-state index contributed by atoms with van der Waals surface area (Å²) in [6.07, 6.45) is -46.1. The number of rotatable bonds is 17. The lowest BCUT2D eigenvalue weighted by Crippen LogP contribution is -2.69. The number of aliphatic hydroxyl groups excluding tert-OH is 15. The van der Waals surface area contributed by atoms with Crippen LogP contribution in [0.15, 0.2) is 11.6 Å². The van der Waals surface area contributed by atoms with Crippen LogP contribution in [0.25, 0.3) is 0 Å². The van der Waals surface area contributed by atoms with Crippen LogP contribution in [0.5, 0.6) is 0 Å². The van der Waals surface area contributed by atoms with Crippen molar-refractivity contribution in [2.75, 3.05) is 19.8 Å². The lowest BCUT2D eigenvalue weighted by molar-refractivity contribution is -0.382. The molecular formula is C66H102O33. The predicted octanol–water partition coefficient (Wildman–Crippen LogP) is -4.24. The zero-order chi connectivity index (χ0) is 72.5. The Morgan fingerprint density at radius 1 is 0.545 bits per heavy atom. The monoisotopic (exact) mass is 1420 g/mol. The number of aldehydes is 1. The Labute approximate surface area is 571 Å². The number of carbonyl (C=O) groups excluding carboxylic acids is 3. The van der Waals surface area contributed by atoms with Gasteiger partial charge < -0.3 is 148 Å². The van der Waals surface area contributed by atoms with Crippen molar-refractivity contribution in [1.29, 1.82) is 0 Å². The van der Waals surface area contributed by atoms with Gasteiger partial charge in [0.2, 0.25) is 6.29 Å². The van der Waals surface area contributed by atoms with E-state index in [0.29, 0.717) is 38.5 Å². The van der Waals surface area contributed by atoms with Crippen LogP contribution >= 0.6 is 0 Å². The van der Waals surface area contributed by atoms with Crippen LogP contribution in [0.1, 0.15) is 120 Å². The van der Waals surface area contributed by atoms with Crippen molar-refractivity contribution in [3.05, 3.63) is 11.6 Å². The molecule has 11 rings (SSSR count). The summed E-state index contributed by atoms with van der Waals surface area (Å²) >= 11 is 0. The number of carboxylic acids is 1. The number of hydrogen-bond acceptors (Lipinski definition) is 32. The van der Waals surface area contributed by atoms with Gasteiger partial charge >= 0.3 is 17.9 Å². The minimum atomic E-state index is -2.13. The maximum atomic E-state index is 16.1. The highest BCUT2D eigenvalue weighted by atomic mass is 16.8. The molecule has 564 valence electrons. The van der Waals surface area contributed by atoms with Crippen molar-refractivity contribution in [1.82, 2.24) is 0 Å². The van der Waals surface area contributed by atoms with Crippen molar-refractivity contribution in [2.24, 2.45) is 50.2 Å². The summed E-state index contributed by atoms with van der Waals surface area (Å²) in [4.78, 5) is 55.6. The molecule has 0 bridgehead atoms. The van der Waals surface area contributed by atoms with E-state index in [0.717, 1.165) is 18.8 Å². The third kappa shape index (κ3) is 13.1. The topological polar surface area (TPSA) is 512 Å². The van der Waals surface area contributed by atoms with Gasteiger partial charge in [-0.25, -0.2) is 4.79 Å². The number of allylic oxidation sites excluding steroid dienone is 2. The highest BCUT2D eigenvalue weighted by molar-refractivity contribution is 5.80. The second-order valence-corrected chi connectivity index (χ2v) is 31.3. The van der Waals surface area contributed by atoms with Gasteiger partial charge in [0.1, 0.15) is 115 Å². The molecule has 6 saturated heterocycles. The molecule has 38 atom stereocenters. The molecular weight excluding hydrogens is 1320 g/mol. The number of hydrogen-bond donors (Lipinski definition) is 16. The third-order valence-corrected chi connectivity index (χ3v) is 25.1. The molecule has 0 radical (unpaired) electrons. The van der Waals surface area contributed by atoms with Gasteiger partial charge in [-0.15, -0.1) is 0 Å². The Hall–Kier alpha value is -3.22. The Morgan fingerprint density at radius 3 is 1.73 bits per heavy atom. The van der Waals surface area contributed by atoms with Crippen LogP contribution in [0.4, 0.5) is 0 Å². The first-order valence-electron chi connectivity index (χ1n) is 34.4. The van der Waals surface area contributed by atoms with E-state index in [2.05, 4.69) is 40.7 Å². The zero-order valence-electron chi connectivity index (χ0n) is 56.8. The summed E-state index contributed by atoms with van der Waals surface area (Å²) in [7, 11) is 0. The van der Waals surface area contributed by atoms with Gasteiger partial charge in [0, 0.05) is 6.92 Å². The predicted molar refractivity (Wildman–Crippen MR) is 325 cm³/mol. The summed E-state index contributed by atoms with van der Waals surface area (Å²) in [5.41, 5.74) is -4.77. The number of fused-ring (bicyclic) bond motifs is 7. The molecule has 10 fully saturated rings. The fraction of sp³-hybridized carbons (Fsp3) is 0.909. The van der Waals surface area contributed by atoms with Crippen molar-refractivity contribution >= 4 is 24.2 Å². The summed E-state index contributed by atoms with van der Waals surface area (Å²) in [5, 5.41) is 175. The van der Waals surface area contributed by atoms with Crippen LogP contribution in [-0.4, -0.2) is 310 Å². The molecule has 0 aromatic rings. The van der Waals surface area contributed by atoms with Crippen LogP contribution < -0.4 is 0 Å². The van der Waals surface area contributed by atoms with Crippen molar-refractivity contribution < 1.29 is 162 Å². The lowest BCUT2D eigenvalue weighted by Gasteiger charge is -2.71. The summed E-state index contributed by atoms with van der Waals surface area (Å²) in [5.74, 6) is -4.84. The molecule has 0 aromatic heterocycles. The van der Waals surface area contributed by atoms with E-state index in [-0.39, 0.29) is 25.2 Å². The summed E-state index contributed by atoms with van der Waals surface area (Å²) < 4.78 is 78.8. The molecule has 99 heavy (non-hydrogen) atoms. The average Bonchev–Trinajstić information content (AvgIpc) is 0.918. The van der Waals surface area contributed by atoms with Gasteiger partial charge in [0.15, 0.2) is 49.8 Å². The van der Waals surface area contributed by atoms with Crippen molar-refractivity contribution in [3.63, 3.8) is 0 Å². The number of ether oxygens (including phenoxy) is 13. The molecule has 16 N–H and O–H groups in total. The Bertz CT molecular complexity index is 2920. The van der Waals surface area contributed by atoms with E-state index in [1.165, 1.54) is 13.8 Å². The Kier molecular flexibility index (Phi) is 22.2. The van der Waals surface area contributed by atoms with Gasteiger partial charge in [-0.1, -0.05) is 53.2 Å². The molecule has 5 aliphatic carbocycles. The van der Waals surface area contributed by atoms with Crippen LogP contribution in [0, 0.1) is 50.2 Å². The van der Waals surface area contributed by atoms with E-state index in [1.54, 1.807) is 6.92 Å². The number of aliphatic carboxylic acids is 1. The molecule has 6 aliphatic heterocycles. The van der Waals surface area contributed by atoms with Gasteiger partial charge in [0.05, 0.1) is 49.7 Å². The van der Waals surface area contributed by atoms with E-state index < -0.39 is 266 Å². The highest BCUT2D eigenvalue weighted by Gasteiger charge is 2.73. The molecule has 0 spiro atoms. The van der Waals surface area contributed by atoms with Crippen molar-refractivity contribution in [3.8, 4) is 0 Å². The van der Waals surface area contributed by atoms with Crippen LogP contribution in [-0.2, 0) is 80.8 Å². The number of esters is 2. The highest BCUT2D eigenvalue weighted by Crippen LogP contribution is 2.76. The quantitative estimate of drug-likeness (QED) is 0.0284. The van der Waals surface area contributed by atoms with E-state index in [1.807, 2.05) is 0 Å². The zero-order valence-corrected chi connectivity index (χ0v) is 56.8. The van der Waals surface area contributed by atoms with E-state index in [9.17, 15) is 96.1 Å². The fourth-order valence-electron chi connectivity index (χ4n) is 19.2. The largest absolute Gasteiger partial charge is 0.479 e. The molecule has 0 aromatic carbocycles. The number of aliphatic hydroxyl groups is 15. The summed E-state index contributed by atoms with van der Waals surface area (Å²) in [6, 6.07) is 0. The maximum Gasteiger partial charge on any atom is 0.335 e. The number of carbonyl (C=O) groups is 4. The SMILES string of the molecule is CC(=O)O[C@@H]1[C@H](O[C@@H]2O[C@H](CO)[C@@H](O)[C@@H]2O)[C@@H](O[C@@H]2O[C@@H](C)[C@H](O[C@@H]3OC[C@@H](O)[C@H](O)[C@H]3O)[C@@H](O)[C@H]2O)[C@H](OC(=O)[C@]23CCC(C)(C)C[C@H]2C2=CC[C@@H]4[C@@]5(C)CC[C@H](O[C@@H]6O[C@H](C(=O)O)[C@@H](O)[C@H](O)[C@H]6O[C@@H]6O[C@H](CO)[C@H](O)[C@H](O)[C@H]6O)[C@@](C)(C=O)[C@@H]5CC[C@@]4(C)[C@]2(C)C[C@H]3O)O[C@@H]1C. The maximum absolute atomic E-state index is 16.1. The molecule has 33 heteroatoms. The van der Waals surface area contributed by atoms with Crippen LogP contribution in [0.3, 0.4) is 0 Å². The van der Waals surface area contributed by atoms with E-state index >= 15 is 4.79 Å². The van der Waals surface area contributed by atoms with Gasteiger partial charge in [-0.3, -0.25) is 9.59 Å². The number of carboxylic acid groups (broad SMARTS) is 1. The lowest BCUT2D eigenvalue weighted by atomic mass is 9.33. The Balaban J connectivity index is 0.890. The second kappa shape index (κ2) is 28.6. The molecule has 0 unspecified atom stereocenters. The third-order valence-electron chi connectivity index (χ3n) is 25.1. The molecule has 33 nitrogen and oxygen atoms in total. The Morgan fingerprint density at radius 2 is 1.10 bits per heavy atom. The van der Waals surface area contributed by atoms with Gasteiger partial charge in [0.25, 0.3) is 0 Å². The molecule has 11 aliphatic rings. The standard InChI is InChI=1S/C66H102O33/c1-24-47(94-54-43(80)36(73)29(71)22-87-54)42(79)46(83)55(88-24)98-52-51(97-56-44(81)38(75)31(21-68)92-56)48(90-26(3)70)25(2)89-59(52)99-60(86)66-17-16-61(4,5)18-28(66)27-10-11-33-62(6)14-13-35(63(7,23-69)32(62)12-15-64(33,8)65(27,9)19-34(66)72)93-58-50(41(78)40(77)49(95-58)53(84)85)96-57-45(82)39(76)37(74)30(20-67)91-57/h10,23-25,28-52,54-59,67-68,71-83H,11-22H2,1-9H3,(H,84,85)/t24-,25+,28-,29+,30+,31+,32+,33+,34+,35-,36-,37-,38+,39-,40-,41-,42-,43+,44-,45+,46+,47-,48-,49-,50+,51-,52+,54-,55-,56-,57-,58+,59-,62-,63-,64+,65+,66+/m0/s1. The smallest absolute Gasteiger partial charge is 0.335 e. The first-order chi connectivity index (χ1) is 46.4.